The molecule has 0 fully saturated rings. The molecule has 3 nitrogen and oxygen atoms in total. The summed E-state index contributed by atoms with van der Waals surface area (Å²) in [5.41, 5.74) is 1.40. The molecule has 0 N–H and O–H groups in total. The number of rotatable bonds is 6. The van der Waals surface area contributed by atoms with Crippen molar-refractivity contribution in [1.29, 1.82) is 0 Å². The average Bonchev–Trinajstić information content (AvgIpc) is 2.52. The molecule has 100 valence electrons. The molecule has 0 spiro atoms. The van der Waals surface area contributed by atoms with Gasteiger partial charge in [-0.25, -0.2) is 0 Å². The molecule has 0 aliphatic rings. The highest BCUT2D eigenvalue weighted by Crippen LogP contribution is 2.19. The van der Waals surface area contributed by atoms with Gasteiger partial charge in [-0.1, -0.05) is 48.5 Å². The van der Waals surface area contributed by atoms with Crippen molar-refractivity contribution in [2.45, 2.75) is 0 Å². The Kier molecular flexibility index (Phi) is 4.84. The average molecular weight is 266 g/mol. The molecule has 0 unspecified atom stereocenters. The number of hydrogen-bond donors (Lipinski definition) is 0. The van der Waals surface area contributed by atoms with Crippen LogP contribution in [0.2, 0.25) is 0 Å². The van der Waals surface area contributed by atoms with E-state index in [0.717, 1.165) is 5.56 Å². The van der Waals surface area contributed by atoms with Crippen LogP contribution in [-0.2, 0) is 4.79 Å². The molecule has 2 aromatic carbocycles. The summed E-state index contributed by atoms with van der Waals surface area (Å²) in [4.78, 5) is 22.3. The maximum atomic E-state index is 12.0. The van der Waals surface area contributed by atoms with Gasteiger partial charge in [0.1, 0.15) is 12.4 Å². The van der Waals surface area contributed by atoms with Crippen molar-refractivity contribution < 1.29 is 14.3 Å². The topological polar surface area (TPSA) is 43.4 Å². The fourth-order valence-electron chi connectivity index (χ4n) is 1.74. The Bertz CT molecular complexity index is 615. The van der Waals surface area contributed by atoms with Gasteiger partial charge in [0.25, 0.3) is 0 Å². The van der Waals surface area contributed by atoms with E-state index in [1.54, 1.807) is 24.3 Å². The number of carbonyl (C=O) groups is 2. The van der Waals surface area contributed by atoms with Crippen molar-refractivity contribution in [3.63, 3.8) is 0 Å². The molecule has 0 saturated carbocycles. The lowest BCUT2D eigenvalue weighted by Gasteiger charge is -2.05. The van der Waals surface area contributed by atoms with Gasteiger partial charge in [0, 0.05) is 11.1 Å². The first-order chi connectivity index (χ1) is 9.81. The van der Waals surface area contributed by atoms with Gasteiger partial charge in [-0.05, 0) is 18.2 Å². The molecule has 0 aliphatic carbocycles. The number of para-hydroxylation sites is 1. The van der Waals surface area contributed by atoms with E-state index < -0.39 is 0 Å². The zero-order chi connectivity index (χ0) is 14.2. The van der Waals surface area contributed by atoms with Crippen molar-refractivity contribution in [2.24, 2.45) is 0 Å². The third-order valence-corrected chi connectivity index (χ3v) is 2.70. The molecule has 0 aromatic heterocycles. The lowest BCUT2D eigenvalue weighted by molar-refractivity contribution is -0.109. The normalized spacial score (nSPS) is 10.4. The van der Waals surface area contributed by atoms with Gasteiger partial charge >= 0.3 is 0 Å². The van der Waals surface area contributed by atoms with Crippen LogP contribution in [0.25, 0.3) is 6.08 Å². The minimum Gasteiger partial charge on any atom is -0.486 e. The largest absolute Gasteiger partial charge is 0.486 e. The summed E-state index contributed by atoms with van der Waals surface area (Å²) < 4.78 is 5.29. The second-order valence-electron chi connectivity index (χ2n) is 4.08. The zero-order valence-electron chi connectivity index (χ0n) is 10.9. The molecule has 0 bridgehead atoms. The summed E-state index contributed by atoms with van der Waals surface area (Å²) in [5.74, 6) is 0.507. The number of aldehydes is 1. The molecule has 2 rings (SSSR count). The Hall–Kier alpha value is -2.68. The van der Waals surface area contributed by atoms with Crippen LogP contribution in [0.5, 0.6) is 5.75 Å². The first-order valence-electron chi connectivity index (χ1n) is 6.24. The monoisotopic (exact) mass is 266 g/mol. The lowest BCUT2D eigenvalue weighted by atomic mass is 10.1. The summed E-state index contributed by atoms with van der Waals surface area (Å²) in [6, 6.07) is 16.3. The second-order valence-corrected chi connectivity index (χ2v) is 4.08. The first kappa shape index (κ1) is 13.7. The van der Waals surface area contributed by atoms with Crippen LogP contribution in [0, 0.1) is 0 Å². The molecule has 0 heterocycles. The smallest absolute Gasteiger partial charge is 0.185 e. The summed E-state index contributed by atoms with van der Waals surface area (Å²) >= 11 is 0. The van der Waals surface area contributed by atoms with Crippen LogP contribution < -0.4 is 4.74 Å². The van der Waals surface area contributed by atoms with Crippen LogP contribution in [0.1, 0.15) is 15.9 Å². The summed E-state index contributed by atoms with van der Waals surface area (Å²) in [5, 5.41) is 0. The molecular formula is C17H14O3. The predicted octanol–water partition coefficient (Wildman–Crippen LogP) is 3.16. The van der Waals surface area contributed by atoms with Gasteiger partial charge < -0.3 is 4.74 Å². The van der Waals surface area contributed by atoms with Crippen LogP contribution in [0.4, 0.5) is 0 Å². The summed E-state index contributed by atoms with van der Waals surface area (Å²) in [6.45, 7) is -0.00250. The number of ether oxygens (including phenoxy) is 1. The highest BCUT2D eigenvalue weighted by Gasteiger charge is 2.02. The van der Waals surface area contributed by atoms with E-state index in [0.29, 0.717) is 17.6 Å². The van der Waals surface area contributed by atoms with E-state index in [1.165, 1.54) is 6.08 Å². The highest BCUT2D eigenvalue weighted by atomic mass is 16.5. The van der Waals surface area contributed by atoms with E-state index in [4.69, 9.17) is 4.74 Å². The quantitative estimate of drug-likeness (QED) is 0.458. The molecule has 0 amide bonds. The van der Waals surface area contributed by atoms with Gasteiger partial charge in [-0.2, -0.15) is 0 Å². The SMILES string of the molecule is O=CCOc1ccccc1/C=C/C(=O)c1ccccc1. The van der Waals surface area contributed by atoms with Gasteiger partial charge in [0.2, 0.25) is 0 Å². The molecule has 0 aliphatic heterocycles. The van der Waals surface area contributed by atoms with Gasteiger partial charge in [-0.15, -0.1) is 0 Å². The fourth-order valence-corrected chi connectivity index (χ4v) is 1.74. The number of hydrogen-bond acceptors (Lipinski definition) is 3. The molecular weight excluding hydrogens is 252 g/mol. The number of ketones is 1. The Morgan fingerprint density at radius 3 is 2.45 bits per heavy atom. The number of carbonyl (C=O) groups excluding carboxylic acids is 2. The predicted molar refractivity (Wildman–Crippen MR) is 77.8 cm³/mol. The Morgan fingerprint density at radius 2 is 1.70 bits per heavy atom. The second kappa shape index (κ2) is 7.04. The van der Waals surface area contributed by atoms with E-state index in [-0.39, 0.29) is 12.4 Å². The lowest BCUT2D eigenvalue weighted by Crippen LogP contribution is -1.99. The Morgan fingerprint density at radius 1 is 1.00 bits per heavy atom. The van der Waals surface area contributed by atoms with Crippen molar-refractivity contribution in [3.8, 4) is 5.75 Å². The van der Waals surface area contributed by atoms with Gasteiger partial charge in [0.15, 0.2) is 12.1 Å². The van der Waals surface area contributed by atoms with Crippen molar-refractivity contribution in [2.75, 3.05) is 6.61 Å². The maximum absolute atomic E-state index is 12.0. The summed E-state index contributed by atoms with van der Waals surface area (Å²) in [7, 11) is 0. The standard InChI is InChI=1S/C17H14O3/c18-12-13-20-17-9-5-4-8-15(17)10-11-16(19)14-6-2-1-3-7-14/h1-12H,13H2/b11-10+. The first-order valence-corrected chi connectivity index (χ1v) is 6.24. The minimum absolute atomic E-state index is 0.00250. The van der Waals surface area contributed by atoms with Crippen LogP contribution in [0.15, 0.2) is 60.7 Å². The minimum atomic E-state index is -0.0733. The third kappa shape index (κ3) is 3.65. The van der Waals surface area contributed by atoms with Crippen molar-refractivity contribution in [1.82, 2.24) is 0 Å². The fraction of sp³-hybridized carbons (Fsp3) is 0.0588. The van der Waals surface area contributed by atoms with Crippen LogP contribution in [0.3, 0.4) is 0 Å². The number of allylic oxidation sites excluding steroid dienone is 1. The molecule has 3 heteroatoms. The Balaban J connectivity index is 2.15. The van der Waals surface area contributed by atoms with Crippen LogP contribution >= 0.6 is 0 Å². The molecule has 20 heavy (non-hydrogen) atoms. The summed E-state index contributed by atoms with van der Waals surface area (Å²) in [6.07, 6.45) is 3.88. The molecule has 0 radical (unpaired) electrons. The van der Waals surface area contributed by atoms with E-state index in [1.807, 2.05) is 36.4 Å². The molecule has 0 saturated heterocycles. The Labute approximate surface area is 117 Å². The van der Waals surface area contributed by atoms with Gasteiger partial charge in [-0.3, -0.25) is 9.59 Å². The third-order valence-electron chi connectivity index (χ3n) is 2.70. The van der Waals surface area contributed by atoms with E-state index in [9.17, 15) is 9.59 Å². The van der Waals surface area contributed by atoms with E-state index >= 15 is 0 Å². The van der Waals surface area contributed by atoms with Crippen molar-refractivity contribution in [3.05, 3.63) is 71.8 Å². The van der Waals surface area contributed by atoms with Crippen molar-refractivity contribution >= 4 is 18.1 Å². The molecule has 0 atom stereocenters. The van der Waals surface area contributed by atoms with E-state index in [2.05, 4.69) is 0 Å². The number of benzene rings is 2. The zero-order valence-corrected chi connectivity index (χ0v) is 10.9. The van der Waals surface area contributed by atoms with Gasteiger partial charge in [0.05, 0.1) is 0 Å². The van der Waals surface area contributed by atoms with Crippen LogP contribution in [-0.4, -0.2) is 18.7 Å². The highest BCUT2D eigenvalue weighted by molar-refractivity contribution is 6.06. The maximum Gasteiger partial charge on any atom is 0.185 e. The molecule has 2 aromatic rings.